The van der Waals surface area contributed by atoms with E-state index in [0.29, 0.717) is 13.2 Å². The lowest BCUT2D eigenvalue weighted by atomic mass is 10.2. The van der Waals surface area contributed by atoms with Gasteiger partial charge in [0.25, 0.3) is 0 Å². The second-order valence-electron chi connectivity index (χ2n) is 7.19. The predicted octanol–water partition coefficient (Wildman–Crippen LogP) is 3.14. The number of aromatic nitrogens is 1. The summed E-state index contributed by atoms with van der Waals surface area (Å²) >= 11 is 0. The van der Waals surface area contributed by atoms with Gasteiger partial charge in [0.2, 0.25) is 0 Å². The van der Waals surface area contributed by atoms with Crippen LogP contribution in [0.1, 0.15) is 5.56 Å². The van der Waals surface area contributed by atoms with E-state index < -0.39 is 0 Å². The first-order valence-electron chi connectivity index (χ1n) is 10.0. The highest BCUT2D eigenvalue weighted by molar-refractivity contribution is 5.79. The highest BCUT2D eigenvalue weighted by Crippen LogP contribution is 2.18. The number of hydrogen-bond donors (Lipinski definition) is 1. The van der Waals surface area contributed by atoms with Gasteiger partial charge in [0.05, 0.1) is 12.1 Å². The van der Waals surface area contributed by atoms with Gasteiger partial charge in [0.15, 0.2) is 0 Å². The van der Waals surface area contributed by atoms with E-state index in [2.05, 4.69) is 39.5 Å². The Balaban J connectivity index is 1.16. The first-order chi connectivity index (χ1) is 14.3. The molecule has 29 heavy (non-hydrogen) atoms. The Kier molecular flexibility index (Phi) is 6.22. The minimum absolute atomic E-state index is 0.0179. The topological polar surface area (TPSA) is 57.7 Å². The van der Waals surface area contributed by atoms with Crippen LogP contribution < -0.4 is 10.1 Å². The molecule has 1 aliphatic rings. The molecule has 0 atom stereocenters. The van der Waals surface area contributed by atoms with E-state index in [9.17, 15) is 4.79 Å². The number of fused-ring (bicyclic) bond motifs is 1. The number of hydrogen-bond acceptors (Lipinski definition) is 4. The highest BCUT2D eigenvalue weighted by atomic mass is 16.5. The lowest BCUT2D eigenvalue weighted by molar-refractivity contribution is 0.134. The van der Waals surface area contributed by atoms with Crippen LogP contribution in [0.3, 0.4) is 0 Å². The molecule has 1 fully saturated rings. The van der Waals surface area contributed by atoms with Crippen molar-refractivity contribution in [3.8, 4) is 5.75 Å². The molecule has 1 aromatic heterocycles. The molecule has 1 N–H and O–H groups in total. The zero-order valence-corrected chi connectivity index (χ0v) is 16.5. The molecule has 6 heteroatoms. The Morgan fingerprint density at radius 3 is 2.66 bits per heavy atom. The highest BCUT2D eigenvalue weighted by Gasteiger charge is 2.20. The van der Waals surface area contributed by atoms with E-state index in [1.165, 1.54) is 5.56 Å². The fraction of sp³-hybridized carbons (Fsp3) is 0.304. The molecule has 1 aliphatic heterocycles. The molecule has 0 radical (unpaired) electrons. The summed E-state index contributed by atoms with van der Waals surface area (Å²) in [5.41, 5.74) is 2.26. The zero-order chi connectivity index (χ0) is 19.9. The van der Waals surface area contributed by atoms with Crippen LogP contribution in [0.25, 0.3) is 10.9 Å². The van der Waals surface area contributed by atoms with Crippen LogP contribution >= 0.6 is 0 Å². The van der Waals surface area contributed by atoms with Crippen LogP contribution in [0.4, 0.5) is 4.79 Å². The van der Waals surface area contributed by atoms with Crippen LogP contribution in [-0.2, 0) is 6.54 Å². The van der Waals surface area contributed by atoms with E-state index in [1.807, 2.05) is 41.3 Å². The lowest BCUT2D eigenvalue weighted by Crippen LogP contribution is -2.51. The summed E-state index contributed by atoms with van der Waals surface area (Å²) in [7, 11) is 0. The molecule has 3 aromatic rings. The molecule has 0 unspecified atom stereocenters. The largest absolute Gasteiger partial charge is 0.492 e. The number of piperazine rings is 1. The van der Waals surface area contributed by atoms with Gasteiger partial charge >= 0.3 is 6.03 Å². The van der Waals surface area contributed by atoms with Gasteiger partial charge in [-0.25, -0.2) is 4.79 Å². The Morgan fingerprint density at radius 2 is 1.83 bits per heavy atom. The van der Waals surface area contributed by atoms with Crippen molar-refractivity contribution in [3.63, 3.8) is 0 Å². The summed E-state index contributed by atoms with van der Waals surface area (Å²) in [6, 6.07) is 20.2. The van der Waals surface area contributed by atoms with Crippen molar-refractivity contribution in [1.82, 2.24) is 20.1 Å². The van der Waals surface area contributed by atoms with Crippen LogP contribution in [0.5, 0.6) is 5.75 Å². The molecule has 2 heterocycles. The number of carbonyl (C=O) groups is 1. The third-order valence-electron chi connectivity index (χ3n) is 5.13. The molecule has 4 rings (SSSR count). The van der Waals surface area contributed by atoms with E-state index >= 15 is 0 Å². The number of ether oxygens (including phenoxy) is 1. The van der Waals surface area contributed by atoms with Gasteiger partial charge in [0, 0.05) is 44.3 Å². The Bertz CT molecular complexity index is 940. The van der Waals surface area contributed by atoms with Gasteiger partial charge in [-0.3, -0.25) is 9.88 Å². The van der Waals surface area contributed by atoms with E-state index in [1.54, 1.807) is 6.20 Å². The lowest BCUT2D eigenvalue weighted by Gasteiger charge is -2.34. The Hall–Kier alpha value is -3.12. The molecular weight excluding hydrogens is 364 g/mol. The average molecular weight is 390 g/mol. The first kappa shape index (κ1) is 19.2. The number of carbonyl (C=O) groups excluding carboxylic acids is 1. The third kappa shape index (κ3) is 5.23. The van der Waals surface area contributed by atoms with Crippen LogP contribution in [-0.4, -0.2) is 60.1 Å². The SMILES string of the molecule is O=C(NCCOc1ccc2ncccc2c1)N1CCN(Cc2ccccc2)CC1. The van der Waals surface area contributed by atoms with Gasteiger partial charge in [-0.1, -0.05) is 36.4 Å². The average Bonchev–Trinajstić information content (AvgIpc) is 2.78. The van der Waals surface area contributed by atoms with Crippen molar-refractivity contribution in [1.29, 1.82) is 0 Å². The van der Waals surface area contributed by atoms with Crippen molar-refractivity contribution >= 4 is 16.9 Å². The van der Waals surface area contributed by atoms with Crippen molar-refractivity contribution in [2.45, 2.75) is 6.54 Å². The van der Waals surface area contributed by atoms with Gasteiger partial charge in [-0.2, -0.15) is 0 Å². The Morgan fingerprint density at radius 1 is 1.00 bits per heavy atom. The van der Waals surface area contributed by atoms with Crippen molar-refractivity contribution < 1.29 is 9.53 Å². The summed E-state index contributed by atoms with van der Waals surface area (Å²) in [5, 5.41) is 4.00. The molecule has 0 aliphatic carbocycles. The molecule has 1 saturated heterocycles. The monoisotopic (exact) mass is 390 g/mol. The number of benzene rings is 2. The summed E-state index contributed by atoms with van der Waals surface area (Å²) < 4.78 is 5.77. The molecule has 150 valence electrons. The zero-order valence-electron chi connectivity index (χ0n) is 16.5. The molecule has 2 aromatic carbocycles. The van der Waals surface area contributed by atoms with Gasteiger partial charge in [0.1, 0.15) is 12.4 Å². The van der Waals surface area contributed by atoms with Crippen LogP contribution in [0.15, 0.2) is 66.9 Å². The Labute approximate surface area is 171 Å². The van der Waals surface area contributed by atoms with E-state index in [0.717, 1.165) is 49.4 Å². The number of nitrogens with one attached hydrogen (secondary N) is 1. The van der Waals surface area contributed by atoms with E-state index in [4.69, 9.17) is 4.74 Å². The fourth-order valence-corrected chi connectivity index (χ4v) is 3.53. The molecule has 2 amide bonds. The van der Waals surface area contributed by atoms with Gasteiger partial charge < -0.3 is 15.0 Å². The quantitative estimate of drug-likeness (QED) is 0.657. The molecule has 0 spiro atoms. The number of nitrogens with zero attached hydrogens (tertiary/aromatic N) is 3. The summed E-state index contributed by atoms with van der Waals surface area (Å²) in [5.74, 6) is 0.786. The number of rotatable bonds is 6. The molecule has 0 bridgehead atoms. The summed E-state index contributed by atoms with van der Waals surface area (Å²) in [4.78, 5) is 20.9. The first-order valence-corrected chi connectivity index (χ1v) is 10.0. The normalized spacial score (nSPS) is 14.7. The maximum absolute atomic E-state index is 12.4. The second kappa shape index (κ2) is 9.39. The number of pyridine rings is 1. The predicted molar refractivity (Wildman–Crippen MR) is 114 cm³/mol. The number of amides is 2. The second-order valence-corrected chi connectivity index (χ2v) is 7.19. The van der Waals surface area contributed by atoms with Crippen LogP contribution in [0, 0.1) is 0 Å². The standard InChI is InChI=1S/C23H26N4O2/c28-23(27-14-12-26(13-15-27)18-19-5-2-1-3-6-19)25-11-16-29-21-8-9-22-20(17-21)7-4-10-24-22/h1-10,17H,11-16,18H2,(H,25,28). The van der Waals surface area contributed by atoms with Crippen LogP contribution in [0.2, 0.25) is 0 Å². The van der Waals surface area contributed by atoms with E-state index in [-0.39, 0.29) is 6.03 Å². The molecule has 6 nitrogen and oxygen atoms in total. The molecule has 0 saturated carbocycles. The minimum Gasteiger partial charge on any atom is -0.492 e. The maximum atomic E-state index is 12.4. The van der Waals surface area contributed by atoms with Gasteiger partial charge in [-0.15, -0.1) is 0 Å². The molecular formula is C23H26N4O2. The maximum Gasteiger partial charge on any atom is 0.317 e. The summed E-state index contributed by atoms with van der Waals surface area (Å²) in [6.45, 7) is 5.13. The van der Waals surface area contributed by atoms with Crippen molar-refractivity contribution in [2.75, 3.05) is 39.3 Å². The van der Waals surface area contributed by atoms with Crippen molar-refractivity contribution in [2.24, 2.45) is 0 Å². The minimum atomic E-state index is -0.0179. The van der Waals surface area contributed by atoms with Gasteiger partial charge in [-0.05, 0) is 29.8 Å². The smallest absolute Gasteiger partial charge is 0.317 e. The fourth-order valence-electron chi connectivity index (χ4n) is 3.53. The van der Waals surface area contributed by atoms with Crippen molar-refractivity contribution in [3.05, 3.63) is 72.4 Å². The summed E-state index contributed by atoms with van der Waals surface area (Å²) in [6.07, 6.45) is 1.78. The third-order valence-corrected chi connectivity index (χ3v) is 5.13. The number of urea groups is 1.